The molecule has 0 saturated carbocycles. The summed E-state index contributed by atoms with van der Waals surface area (Å²) in [7, 11) is 0. The monoisotopic (exact) mass is 348 g/mol. The summed E-state index contributed by atoms with van der Waals surface area (Å²) in [5.41, 5.74) is 5.35. The number of rotatable bonds is 5. The fraction of sp³-hybridized carbons (Fsp3) is 0.667. The molecule has 3 N–H and O–H groups in total. The fourth-order valence-electron chi connectivity index (χ4n) is 3.85. The summed E-state index contributed by atoms with van der Waals surface area (Å²) in [5.74, 6) is 0.712. The normalized spacial score (nSPS) is 23.2. The zero-order chi connectivity index (χ0) is 17.6. The van der Waals surface area contributed by atoms with Gasteiger partial charge in [0.15, 0.2) is 0 Å². The van der Waals surface area contributed by atoms with Gasteiger partial charge in [-0.3, -0.25) is 9.69 Å². The summed E-state index contributed by atoms with van der Waals surface area (Å²) in [4.78, 5) is 27.9. The van der Waals surface area contributed by atoms with E-state index >= 15 is 0 Å². The van der Waals surface area contributed by atoms with Crippen LogP contribution < -0.4 is 11.1 Å². The Labute approximate surface area is 148 Å². The average molecular weight is 348 g/mol. The molecule has 3 rings (SSSR count). The number of urea groups is 1. The lowest BCUT2D eigenvalue weighted by molar-refractivity contribution is -0.126. The quantitative estimate of drug-likeness (QED) is 0.847. The number of nitrogens with one attached hydrogen (secondary N) is 1. The largest absolute Gasteiger partial charge is 0.468 e. The van der Waals surface area contributed by atoms with Crippen molar-refractivity contribution in [1.29, 1.82) is 0 Å². The van der Waals surface area contributed by atoms with Crippen LogP contribution in [-0.2, 0) is 4.79 Å². The number of carbonyl (C=O) groups excluding carboxylic acids is 2. The van der Waals surface area contributed by atoms with Crippen molar-refractivity contribution < 1.29 is 14.0 Å². The second kappa shape index (κ2) is 8.38. The van der Waals surface area contributed by atoms with Gasteiger partial charge >= 0.3 is 6.03 Å². The Morgan fingerprint density at radius 2 is 2.04 bits per heavy atom. The Bertz CT molecular complexity index is 569. The van der Waals surface area contributed by atoms with Gasteiger partial charge in [0.1, 0.15) is 5.76 Å². The van der Waals surface area contributed by atoms with Gasteiger partial charge in [0.05, 0.1) is 18.2 Å². The summed E-state index contributed by atoms with van der Waals surface area (Å²) < 4.78 is 5.61. The number of hydrogen-bond donors (Lipinski definition) is 2. The molecule has 7 nitrogen and oxygen atoms in total. The van der Waals surface area contributed by atoms with Crippen molar-refractivity contribution in [3.05, 3.63) is 24.2 Å². The van der Waals surface area contributed by atoms with E-state index in [1.807, 2.05) is 12.1 Å². The van der Waals surface area contributed by atoms with Crippen molar-refractivity contribution in [3.8, 4) is 0 Å². The van der Waals surface area contributed by atoms with Crippen molar-refractivity contribution in [2.45, 2.75) is 38.1 Å². The molecular weight excluding hydrogens is 320 g/mol. The predicted octanol–water partition coefficient (Wildman–Crippen LogP) is 1.71. The molecule has 2 aliphatic heterocycles. The number of nitrogens with zero attached hydrogens (tertiary/aromatic N) is 2. The molecule has 0 aromatic carbocycles. The van der Waals surface area contributed by atoms with Crippen molar-refractivity contribution in [3.63, 3.8) is 0 Å². The molecule has 2 unspecified atom stereocenters. The molecule has 2 atom stereocenters. The van der Waals surface area contributed by atoms with Gasteiger partial charge < -0.3 is 20.4 Å². The highest BCUT2D eigenvalue weighted by atomic mass is 16.3. The van der Waals surface area contributed by atoms with Crippen molar-refractivity contribution in [2.75, 3.05) is 32.7 Å². The highest BCUT2D eigenvalue weighted by Gasteiger charge is 2.29. The second-order valence-electron chi connectivity index (χ2n) is 7.00. The maximum absolute atomic E-state index is 12.6. The maximum Gasteiger partial charge on any atom is 0.314 e. The average Bonchev–Trinajstić information content (AvgIpc) is 3.17. The molecule has 2 aliphatic rings. The van der Waals surface area contributed by atoms with E-state index in [1.54, 1.807) is 11.2 Å². The molecule has 1 aromatic heterocycles. The van der Waals surface area contributed by atoms with Crippen LogP contribution in [0.1, 0.15) is 43.9 Å². The SMILES string of the molecule is NC(=O)N1CCCC(C(=O)NCC(c2ccco2)N2CCCCC2)C1. The molecule has 3 heterocycles. The van der Waals surface area contributed by atoms with Gasteiger partial charge in [-0.1, -0.05) is 6.42 Å². The molecule has 0 aliphatic carbocycles. The first-order valence-electron chi connectivity index (χ1n) is 9.24. The van der Waals surface area contributed by atoms with Gasteiger partial charge in [0, 0.05) is 19.6 Å². The summed E-state index contributed by atoms with van der Waals surface area (Å²) in [6.45, 7) is 3.64. The van der Waals surface area contributed by atoms with Crippen LogP contribution in [0.25, 0.3) is 0 Å². The number of primary amides is 1. The lowest BCUT2D eigenvalue weighted by Crippen LogP contribution is -2.48. The zero-order valence-electron chi connectivity index (χ0n) is 14.7. The summed E-state index contributed by atoms with van der Waals surface area (Å²) >= 11 is 0. The van der Waals surface area contributed by atoms with E-state index < -0.39 is 6.03 Å². The number of nitrogens with two attached hydrogens (primary N) is 1. The third-order valence-corrected chi connectivity index (χ3v) is 5.28. The van der Waals surface area contributed by atoms with Gasteiger partial charge in [-0.05, 0) is 50.9 Å². The summed E-state index contributed by atoms with van der Waals surface area (Å²) in [6.07, 6.45) is 6.92. The first kappa shape index (κ1) is 17.8. The van der Waals surface area contributed by atoms with E-state index in [4.69, 9.17) is 10.2 Å². The predicted molar refractivity (Wildman–Crippen MR) is 93.8 cm³/mol. The van der Waals surface area contributed by atoms with Crippen LogP contribution >= 0.6 is 0 Å². The Morgan fingerprint density at radius 3 is 2.72 bits per heavy atom. The summed E-state index contributed by atoms with van der Waals surface area (Å²) in [6, 6.07) is 3.48. The number of likely N-dealkylation sites (tertiary alicyclic amines) is 2. The smallest absolute Gasteiger partial charge is 0.314 e. The standard InChI is InChI=1S/C18H28N4O3/c19-18(24)22-10-4-6-14(13-22)17(23)20-12-15(16-7-5-11-25-16)21-8-2-1-3-9-21/h5,7,11,14-15H,1-4,6,8-10,12-13H2,(H2,19,24)(H,20,23). The van der Waals surface area contributed by atoms with Crippen LogP contribution in [0.15, 0.2) is 22.8 Å². The van der Waals surface area contributed by atoms with Crippen LogP contribution in [0.2, 0.25) is 0 Å². The topological polar surface area (TPSA) is 91.8 Å². The third-order valence-electron chi connectivity index (χ3n) is 5.28. The number of carbonyl (C=O) groups is 2. The first-order valence-corrected chi connectivity index (χ1v) is 9.24. The van der Waals surface area contributed by atoms with Crippen LogP contribution in [0.5, 0.6) is 0 Å². The molecule has 2 saturated heterocycles. The van der Waals surface area contributed by atoms with Crippen LogP contribution in [0.4, 0.5) is 4.79 Å². The highest BCUT2D eigenvalue weighted by molar-refractivity contribution is 5.80. The molecular formula is C18H28N4O3. The van der Waals surface area contributed by atoms with E-state index in [0.717, 1.165) is 31.7 Å². The Balaban J connectivity index is 1.58. The van der Waals surface area contributed by atoms with Gasteiger partial charge in [-0.25, -0.2) is 4.79 Å². The minimum absolute atomic E-state index is 0.000449. The van der Waals surface area contributed by atoms with E-state index in [1.165, 1.54) is 19.3 Å². The van der Waals surface area contributed by atoms with Gasteiger partial charge in [-0.2, -0.15) is 0 Å². The Hall–Kier alpha value is -2.02. The van der Waals surface area contributed by atoms with E-state index in [9.17, 15) is 9.59 Å². The first-order chi connectivity index (χ1) is 12.1. The molecule has 7 heteroatoms. The van der Waals surface area contributed by atoms with Crippen molar-refractivity contribution in [2.24, 2.45) is 11.7 Å². The van der Waals surface area contributed by atoms with Crippen LogP contribution in [0, 0.1) is 5.92 Å². The van der Waals surface area contributed by atoms with E-state index in [0.29, 0.717) is 19.6 Å². The van der Waals surface area contributed by atoms with Crippen LogP contribution in [0.3, 0.4) is 0 Å². The van der Waals surface area contributed by atoms with Gasteiger partial charge in [0.2, 0.25) is 5.91 Å². The number of piperidine rings is 2. The van der Waals surface area contributed by atoms with E-state index in [2.05, 4.69) is 10.2 Å². The molecule has 0 radical (unpaired) electrons. The van der Waals surface area contributed by atoms with E-state index in [-0.39, 0.29) is 17.9 Å². The molecule has 0 spiro atoms. The molecule has 2 fully saturated rings. The van der Waals surface area contributed by atoms with Gasteiger partial charge in [0.25, 0.3) is 0 Å². The number of amides is 3. The molecule has 3 amide bonds. The minimum atomic E-state index is -0.445. The molecule has 25 heavy (non-hydrogen) atoms. The lowest BCUT2D eigenvalue weighted by atomic mass is 9.97. The van der Waals surface area contributed by atoms with Crippen molar-refractivity contribution >= 4 is 11.9 Å². The third kappa shape index (κ3) is 4.54. The highest BCUT2D eigenvalue weighted by Crippen LogP contribution is 2.25. The lowest BCUT2D eigenvalue weighted by Gasteiger charge is -2.34. The van der Waals surface area contributed by atoms with Gasteiger partial charge in [-0.15, -0.1) is 0 Å². The van der Waals surface area contributed by atoms with Crippen molar-refractivity contribution in [1.82, 2.24) is 15.1 Å². The van der Waals surface area contributed by atoms with Crippen LogP contribution in [-0.4, -0.2) is 54.5 Å². The summed E-state index contributed by atoms with van der Waals surface area (Å²) in [5, 5.41) is 3.08. The number of hydrogen-bond acceptors (Lipinski definition) is 4. The fourth-order valence-corrected chi connectivity index (χ4v) is 3.85. The maximum atomic E-state index is 12.6. The minimum Gasteiger partial charge on any atom is -0.468 e. The zero-order valence-corrected chi connectivity index (χ0v) is 14.7. The second-order valence-corrected chi connectivity index (χ2v) is 7.00. The Morgan fingerprint density at radius 1 is 1.24 bits per heavy atom. The molecule has 0 bridgehead atoms. The Kier molecular flexibility index (Phi) is 5.96. The number of furan rings is 1. The molecule has 138 valence electrons. The molecule has 1 aromatic rings.